The van der Waals surface area contributed by atoms with Gasteiger partial charge >= 0.3 is 0 Å². The maximum atomic E-state index is 12.8. The summed E-state index contributed by atoms with van der Waals surface area (Å²) in [7, 11) is 0. The van der Waals surface area contributed by atoms with Crippen LogP contribution in [-0.2, 0) is 4.79 Å². The van der Waals surface area contributed by atoms with E-state index in [1.807, 2.05) is 73.7 Å². The Bertz CT molecular complexity index is 894. The lowest BCUT2D eigenvalue weighted by molar-refractivity contribution is -0.127. The molecule has 0 heterocycles. The molecule has 3 nitrogen and oxygen atoms in total. The van der Waals surface area contributed by atoms with Crippen LogP contribution in [0.15, 0.2) is 78.9 Å². The monoisotopic (exact) mass is 379 g/mol. The lowest BCUT2D eigenvalue weighted by atomic mass is 9.97. The van der Waals surface area contributed by atoms with Crippen molar-refractivity contribution in [1.82, 2.24) is 5.32 Å². The summed E-state index contributed by atoms with van der Waals surface area (Å²) in [6.45, 7) is 3.76. The second-order valence-corrected chi connectivity index (χ2v) is 6.86. The number of halogens is 1. The predicted molar refractivity (Wildman–Crippen MR) is 109 cm³/mol. The van der Waals surface area contributed by atoms with E-state index in [0.717, 1.165) is 11.1 Å². The fourth-order valence-electron chi connectivity index (χ4n) is 2.81. The van der Waals surface area contributed by atoms with Gasteiger partial charge in [-0.2, -0.15) is 0 Å². The Morgan fingerprint density at radius 1 is 0.889 bits per heavy atom. The van der Waals surface area contributed by atoms with Crippen molar-refractivity contribution in [2.45, 2.75) is 26.0 Å². The lowest BCUT2D eigenvalue weighted by Gasteiger charge is -2.23. The smallest absolute Gasteiger partial charge is 0.261 e. The molecule has 0 fully saturated rings. The summed E-state index contributed by atoms with van der Waals surface area (Å²) >= 11 is 6.13. The topological polar surface area (TPSA) is 38.3 Å². The highest BCUT2D eigenvalue weighted by Gasteiger charge is 2.22. The Morgan fingerprint density at radius 2 is 1.48 bits per heavy atom. The first-order chi connectivity index (χ1) is 13.0. The van der Waals surface area contributed by atoms with Crippen LogP contribution in [0.25, 0.3) is 0 Å². The molecule has 138 valence electrons. The predicted octanol–water partition coefficient (Wildman–Crippen LogP) is 5.32. The van der Waals surface area contributed by atoms with Crippen molar-refractivity contribution in [2.24, 2.45) is 0 Å². The highest BCUT2D eigenvalue weighted by molar-refractivity contribution is 6.32. The first-order valence-electron chi connectivity index (χ1n) is 8.87. The van der Waals surface area contributed by atoms with E-state index in [9.17, 15) is 4.79 Å². The number of amides is 1. The molecule has 0 aromatic heterocycles. The molecule has 1 N–H and O–H groups in total. The van der Waals surface area contributed by atoms with Gasteiger partial charge in [-0.15, -0.1) is 0 Å². The first-order valence-corrected chi connectivity index (χ1v) is 9.25. The highest BCUT2D eigenvalue weighted by Crippen LogP contribution is 2.25. The van der Waals surface area contributed by atoms with Gasteiger partial charge in [0.1, 0.15) is 5.75 Å². The fraction of sp³-hybridized carbons (Fsp3) is 0.174. The van der Waals surface area contributed by atoms with Crippen LogP contribution in [0.1, 0.15) is 29.7 Å². The molecule has 4 heteroatoms. The van der Waals surface area contributed by atoms with Crippen LogP contribution in [0.4, 0.5) is 0 Å². The molecule has 0 radical (unpaired) electrons. The standard InChI is InChI=1S/C23H22ClNO2/c1-16-12-14-19(15-13-16)22(18-8-4-3-5-9-18)25-23(26)17(2)27-21-11-7-6-10-20(21)24/h3-15,17,22H,1-2H3,(H,25,26)/t17-,22+/m0/s1. The number of hydrogen-bond donors (Lipinski definition) is 1. The third-order valence-electron chi connectivity index (χ3n) is 4.34. The summed E-state index contributed by atoms with van der Waals surface area (Å²) in [4.78, 5) is 12.8. The largest absolute Gasteiger partial charge is 0.479 e. The van der Waals surface area contributed by atoms with Crippen LogP contribution in [0, 0.1) is 6.92 Å². The van der Waals surface area contributed by atoms with Gasteiger partial charge in [0.15, 0.2) is 6.10 Å². The minimum atomic E-state index is -0.679. The molecule has 0 aliphatic carbocycles. The van der Waals surface area contributed by atoms with Gasteiger partial charge in [-0.25, -0.2) is 0 Å². The van der Waals surface area contributed by atoms with Crippen LogP contribution in [-0.4, -0.2) is 12.0 Å². The number of para-hydroxylation sites is 1. The Morgan fingerprint density at radius 3 is 2.15 bits per heavy atom. The number of carbonyl (C=O) groups is 1. The average Bonchev–Trinajstić information content (AvgIpc) is 2.69. The van der Waals surface area contributed by atoms with E-state index in [-0.39, 0.29) is 11.9 Å². The summed E-state index contributed by atoms with van der Waals surface area (Å²) < 4.78 is 5.75. The molecule has 3 rings (SSSR count). The molecule has 0 spiro atoms. The minimum absolute atomic E-state index is 0.204. The summed E-state index contributed by atoms with van der Waals surface area (Å²) in [5.74, 6) is 0.290. The lowest BCUT2D eigenvalue weighted by Crippen LogP contribution is -2.39. The van der Waals surface area contributed by atoms with Crippen LogP contribution in [0.2, 0.25) is 5.02 Å². The minimum Gasteiger partial charge on any atom is -0.479 e. The zero-order valence-corrected chi connectivity index (χ0v) is 16.1. The fourth-order valence-corrected chi connectivity index (χ4v) is 2.99. The van der Waals surface area contributed by atoms with Gasteiger partial charge in [-0.1, -0.05) is 83.9 Å². The molecule has 3 aromatic carbocycles. The molecule has 0 saturated carbocycles. The van der Waals surface area contributed by atoms with Gasteiger partial charge in [0.25, 0.3) is 5.91 Å². The number of ether oxygens (including phenoxy) is 1. The van der Waals surface area contributed by atoms with Crippen LogP contribution >= 0.6 is 11.6 Å². The molecule has 27 heavy (non-hydrogen) atoms. The second kappa shape index (κ2) is 8.74. The van der Waals surface area contributed by atoms with E-state index in [1.54, 1.807) is 19.1 Å². The summed E-state index contributed by atoms with van der Waals surface area (Å²) in [5, 5.41) is 3.58. The number of aryl methyl sites for hydroxylation is 1. The SMILES string of the molecule is Cc1ccc([C@H](NC(=O)[C@H](C)Oc2ccccc2Cl)c2ccccc2)cc1. The van der Waals surface area contributed by atoms with Gasteiger partial charge in [0, 0.05) is 0 Å². The molecule has 0 unspecified atom stereocenters. The van der Waals surface area contributed by atoms with Gasteiger partial charge in [-0.05, 0) is 37.1 Å². The van der Waals surface area contributed by atoms with Crippen molar-refractivity contribution in [3.63, 3.8) is 0 Å². The molecule has 0 aliphatic rings. The number of carbonyl (C=O) groups excluding carboxylic acids is 1. The van der Waals surface area contributed by atoms with Crippen molar-refractivity contribution in [1.29, 1.82) is 0 Å². The average molecular weight is 380 g/mol. The molecule has 0 aliphatic heterocycles. The molecule has 0 saturated heterocycles. The van der Waals surface area contributed by atoms with Gasteiger partial charge < -0.3 is 10.1 Å². The molecule has 0 bridgehead atoms. The molecule has 3 aromatic rings. The Hall–Kier alpha value is -2.78. The highest BCUT2D eigenvalue weighted by atomic mass is 35.5. The third kappa shape index (κ3) is 4.89. The Labute approximate surface area is 164 Å². The molecule has 2 atom stereocenters. The van der Waals surface area contributed by atoms with E-state index in [1.165, 1.54) is 5.56 Å². The summed E-state index contributed by atoms with van der Waals surface area (Å²) in [6, 6.07) is 24.9. The second-order valence-electron chi connectivity index (χ2n) is 6.45. The van der Waals surface area contributed by atoms with Crippen molar-refractivity contribution < 1.29 is 9.53 Å². The maximum Gasteiger partial charge on any atom is 0.261 e. The number of rotatable bonds is 6. The number of hydrogen-bond acceptors (Lipinski definition) is 2. The molecular weight excluding hydrogens is 358 g/mol. The zero-order chi connectivity index (χ0) is 19.2. The van der Waals surface area contributed by atoms with Crippen molar-refractivity contribution in [3.05, 3.63) is 101 Å². The van der Waals surface area contributed by atoms with Gasteiger partial charge in [0.2, 0.25) is 0 Å². The summed E-state index contributed by atoms with van der Waals surface area (Å²) in [6.07, 6.45) is -0.679. The van der Waals surface area contributed by atoms with Crippen molar-refractivity contribution >= 4 is 17.5 Å². The van der Waals surface area contributed by atoms with E-state index >= 15 is 0 Å². The first kappa shape index (κ1) is 19.0. The normalized spacial score (nSPS) is 12.9. The van der Waals surface area contributed by atoms with Crippen LogP contribution < -0.4 is 10.1 Å². The van der Waals surface area contributed by atoms with Gasteiger partial charge in [0.05, 0.1) is 11.1 Å². The van der Waals surface area contributed by atoms with E-state index in [4.69, 9.17) is 16.3 Å². The Kier molecular flexibility index (Phi) is 6.15. The molecule has 1 amide bonds. The number of benzene rings is 3. The van der Waals surface area contributed by atoms with Crippen molar-refractivity contribution in [3.8, 4) is 5.75 Å². The number of nitrogens with one attached hydrogen (secondary N) is 1. The third-order valence-corrected chi connectivity index (χ3v) is 4.65. The van der Waals surface area contributed by atoms with Crippen molar-refractivity contribution in [2.75, 3.05) is 0 Å². The quantitative estimate of drug-likeness (QED) is 0.629. The van der Waals surface area contributed by atoms with Gasteiger partial charge in [-0.3, -0.25) is 4.79 Å². The zero-order valence-electron chi connectivity index (χ0n) is 15.4. The Balaban J connectivity index is 1.80. The maximum absolute atomic E-state index is 12.8. The van der Waals surface area contributed by atoms with E-state index in [2.05, 4.69) is 5.32 Å². The van der Waals surface area contributed by atoms with Crippen LogP contribution in [0.5, 0.6) is 5.75 Å². The summed E-state index contributed by atoms with van der Waals surface area (Å²) in [5.41, 5.74) is 3.21. The van der Waals surface area contributed by atoms with E-state index in [0.29, 0.717) is 10.8 Å². The van der Waals surface area contributed by atoms with Crippen LogP contribution in [0.3, 0.4) is 0 Å². The molecular formula is C23H22ClNO2. The van der Waals surface area contributed by atoms with E-state index < -0.39 is 6.10 Å².